The van der Waals surface area contributed by atoms with Crippen LogP contribution in [-0.2, 0) is 5.60 Å². The number of aliphatic hydroxyl groups is 1. The van der Waals surface area contributed by atoms with E-state index in [1.54, 1.807) is 11.3 Å². The summed E-state index contributed by atoms with van der Waals surface area (Å²) in [6, 6.07) is 2.04. The van der Waals surface area contributed by atoms with Crippen molar-refractivity contribution in [3.63, 3.8) is 0 Å². The first-order valence-corrected chi connectivity index (χ1v) is 6.35. The first kappa shape index (κ1) is 8.45. The van der Waals surface area contributed by atoms with Gasteiger partial charge in [0.05, 0.1) is 4.88 Å². The summed E-state index contributed by atoms with van der Waals surface area (Å²) in [6.45, 7) is 0. The Morgan fingerprint density at radius 2 is 2.46 bits per heavy atom. The molecule has 13 heavy (non-hydrogen) atoms. The fourth-order valence-electron chi connectivity index (χ4n) is 2.63. The minimum absolute atomic E-state index is 0.488. The fraction of sp³-hybridized carbons (Fsp3) is 0.600. The Labute approximate surface area is 89.9 Å². The molecule has 0 radical (unpaired) electrons. The smallest absolute Gasteiger partial charge is 0.103 e. The van der Waals surface area contributed by atoms with Gasteiger partial charge in [-0.1, -0.05) is 0 Å². The van der Waals surface area contributed by atoms with Crippen LogP contribution in [0.2, 0.25) is 0 Å². The average Bonchev–Trinajstić information content (AvgIpc) is 2.67. The molecule has 70 valence electrons. The third-order valence-corrected chi connectivity index (χ3v) is 5.45. The molecular formula is C10H11BrOS. The second-order valence-electron chi connectivity index (χ2n) is 4.16. The van der Waals surface area contributed by atoms with Crippen molar-refractivity contribution < 1.29 is 5.11 Å². The monoisotopic (exact) mass is 258 g/mol. The molecule has 0 bridgehead atoms. The molecule has 0 aromatic carbocycles. The molecule has 0 spiro atoms. The summed E-state index contributed by atoms with van der Waals surface area (Å²) in [5, 5.41) is 12.6. The van der Waals surface area contributed by atoms with Crippen molar-refractivity contribution in [2.24, 2.45) is 11.8 Å². The molecule has 1 aromatic rings. The first-order valence-electron chi connectivity index (χ1n) is 4.67. The van der Waals surface area contributed by atoms with E-state index in [2.05, 4.69) is 15.9 Å². The van der Waals surface area contributed by atoms with E-state index in [0.717, 1.165) is 21.7 Å². The highest BCUT2D eigenvalue weighted by atomic mass is 79.9. The van der Waals surface area contributed by atoms with Crippen LogP contribution in [0.5, 0.6) is 0 Å². The van der Waals surface area contributed by atoms with Gasteiger partial charge >= 0.3 is 0 Å². The van der Waals surface area contributed by atoms with E-state index in [4.69, 9.17) is 0 Å². The van der Waals surface area contributed by atoms with Gasteiger partial charge in [0, 0.05) is 4.47 Å². The zero-order valence-electron chi connectivity index (χ0n) is 7.16. The van der Waals surface area contributed by atoms with E-state index in [9.17, 15) is 5.11 Å². The summed E-state index contributed by atoms with van der Waals surface area (Å²) >= 11 is 5.19. The molecule has 3 heteroatoms. The van der Waals surface area contributed by atoms with Gasteiger partial charge < -0.3 is 5.11 Å². The number of hydrogen-bond donors (Lipinski definition) is 1. The summed E-state index contributed by atoms with van der Waals surface area (Å²) in [6.07, 6.45) is 3.41. The molecule has 2 fully saturated rings. The molecule has 2 saturated carbocycles. The lowest BCUT2D eigenvalue weighted by Crippen LogP contribution is -2.24. The van der Waals surface area contributed by atoms with Crippen LogP contribution in [0.15, 0.2) is 15.9 Å². The molecule has 2 aliphatic rings. The topological polar surface area (TPSA) is 20.2 Å². The van der Waals surface area contributed by atoms with Crippen molar-refractivity contribution in [2.45, 2.75) is 24.9 Å². The third-order valence-electron chi connectivity index (χ3n) is 3.44. The molecule has 1 heterocycles. The van der Waals surface area contributed by atoms with Gasteiger partial charge in [0.15, 0.2) is 0 Å². The largest absolute Gasteiger partial charge is 0.384 e. The van der Waals surface area contributed by atoms with Gasteiger partial charge in [-0.3, -0.25) is 0 Å². The molecule has 3 atom stereocenters. The van der Waals surface area contributed by atoms with Gasteiger partial charge in [-0.25, -0.2) is 0 Å². The van der Waals surface area contributed by atoms with Gasteiger partial charge in [-0.2, -0.15) is 0 Å². The number of hydrogen-bond acceptors (Lipinski definition) is 2. The lowest BCUT2D eigenvalue weighted by molar-refractivity contribution is 0.0238. The Kier molecular flexibility index (Phi) is 1.68. The Balaban J connectivity index is 2.04. The van der Waals surface area contributed by atoms with E-state index >= 15 is 0 Å². The van der Waals surface area contributed by atoms with Gasteiger partial charge in [0.1, 0.15) is 5.60 Å². The number of thiophene rings is 1. The quantitative estimate of drug-likeness (QED) is 0.821. The summed E-state index contributed by atoms with van der Waals surface area (Å²) in [5.74, 6) is 1.38. The molecule has 1 aromatic heterocycles. The number of halogens is 1. The zero-order valence-corrected chi connectivity index (χ0v) is 9.57. The maximum Gasteiger partial charge on any atom is 0.103 e. The van der Waals surface area contributed by atoms with E-state index in [0.29, 0.717) is 5.92 Å². The van der Waals surface area contributed by atoms with Crippen LogP contribution in [-0.4, -0.2) is 5.11 Å². The van der Waals surface area contributed by atoms with E-state index in [1.165, 1.54) is 12.8 Å². The molecular weight excluding hydrogens is 248 g/mol. The predicted molar refractivity (Wildman–Crippen MR) is 56.7 cm³/mol. The lowest BCUT2D eigenvalue weighted by Gasteiger charge is -2.23. The minimum atomic E-state index is -0.488. The Hall–Kier alpha value is 0.140. The average molecular weight is 259 g/mol. The first-order chi connectivity index (χ1) is 6.22. The van der Waals surface area contributed by atoms with Crippen LogP contribution in [0.4, 0.5) is 0 Å². The molecule has 0 saturated heterocycles. The second-order valence-corrected chi connectivity index (χ2v) is 5.93. The summed E-state index contributed by atoms with van der Waals surface area (Å²) < 4.78 is 1.09. The summed E-state index contributed by atoms with van der Waals surface area (Å²) in [7, 11) is 0. The zero-order chi connectivity index (χ0) is 9.05. The van der Waals surface area contributed by atoms with Crippen molar-refractivity contribution in [3.05, 3.63) is 20.8 Å². The van der Waals surface area contributed by atoms with Crippen LogP contribution in [0.25, 0.3) is 0 Å². The van der Waals surface area contributed by atoms with Crippen molar-refractivity contribution in [1.82, 2.24) is 0 Å². The fourth-order valence-corrected chi connectivity index (χ4v) is 4.54. The molecule has 0 aliphatic heterocycles. The third kappa shape index (κ3) is 1.07. The summed E-state index contributed by atoms with van der Waals surface area (Å²) in [4.78, 5) is 1.15. The highest BCUT2D eigenvalue weighted by Crippen LogP contribution is 2.63. The normalized spacial score (nSPS) is 42.0. The number of fused-ring (bicyclic) bond motifs is 1. The molecule has 2 aliphatic carbocycles. The Morgan fingerprint density at radius 3 is 2.92 bits per heavy atom. The summed E-state index contributed by atoms with van der Waals surface area (Å²) in [5.41, 5.74) is -0.488. The van der Waals surface area contributed by atoms with Crippen LogP contribution in [0, 0.1) is 11.8 Å². The van der Waals surface area contributed by atoms with Crippen LogP contribution < -0.4 is 0 Å². The van der Waals surface area contributed by atoms with E-state index in [1.807, 2.05) is 11.4 Å². The second kappa shape index (κ2) is 2.59. The molecule has 3 rings (SSSR count). The SMILES string of the molecule is OC1(c2sccc2Br)CCC2CC21. The van der Waals surface area contributed by atoms with Gasteiger partial charge in [-0.15, -0.1) is 11.3 Å². The van der Waals surface area contributed by atoms with Gasteiger partial charge in [0.2, 0.25) is 0 Å². The Bertz CT molecular complexity index is 348. The van der Waals surface area contributed by atoms with Crippen LogP contribution >= 0.6 is 27.3 Å². The van der Waals surface area contributed by atoms with E-state index in [-0.39, 0.29) is 0 Å². The Morgan fingerprint density at radius 1 is 1.62 bits per heavy atom. The van der Waals surface area contributed by atoms with E-state index < -0.39 is 5.60 Å². The van der Waals surface area contributed by atoms with Crippen molar-refractivity contribution >= 4 is 27.3 Å². The molecule has 0 amide bonds. The molecule has 1 nitrogen and oxygen atoms in total. The minimum Gasteiger partial charge on any atom is -0.384 e. The van der Waals surface area contributed by atoms with Crippen molar-refractivity contribution in [3.8, 4) is 0 Å². The lowest BCUT2D eigenvalue weighted by atomic mass is 9.96. The maximum absolute atomic E-state index is 10.5. The predicted octanol–water partition coefficient (Wildman–Crippen LogP) is 3.13. The van der Waals surface area contributed by atoms with Crippen molar-refractivity contribution in [1.29, 1.82) is 0 Å². The molecule has 1 N–H and O–H groups in total. The maximum atomic E-state index is 10.5. The van der Waals surface area contributed by atoms with Crippen molar-refractivity contribution in [2.75, 3.05) is 0 Å². The van der Waals surface area contributed by atoms with Gasteiger partial charge in [0.25, 0.3) is 0 Å². The highest BCUT2D eigenvalue weighted by Gasteiger charge is 2.58. The van der Waals surface area contributed by atoms with Crippen LogP contribution in [0.3, 0.4) is 0 Å². The van der Waals surface area contributed by atoms with Crippen LogP contribution in [0.1, 0.15) is 24.1 Å². The number of rotatable bonds is 1. The molecule has 3 unspecified atom stereocenters. The highest BCUT2D eigenvalue weighted by molar-refractivity contribution is 9.10. The van der Waals surface area contributed by atoms with Gasteiger partial charge in [-0.05, 0) is 58.5 Å². The standard InChI is InChI=1S/C10H11BrOS/c11-8-2-4-13-9(8)10(12)3-1-6-5-7(6)10/h2,4,6-7,12H,1,3,5H2.